The highest BCUT2D eigenvalue weighted by Gasteiger charge is 2.30. The molecule has 9 heteroatoms. The molecule has 1 aliphatic heterocycles. The van der Waals surface area contributed by atoms with Crippen LogP contribution in [0, 0.1) is 0 Å². The van der Waals surface area contributed by atoms with Crippen LogP contribution in [0.15, 0.2) is 52.0 Å². The zero-order valence-corrected chi connectivity index (χ0v) is 15.7. The largest absolute Gasteiger partial charge is 0.492 e. The van der Waals surface area contributed by atoms with Crippen LogP contribution in [0.2, 0.25) is 0 Å². The number of amides is 1. The van der Waals surface area contributed by atoms with Gasteiger partial charge in [-0.05, 0) is 55.8 Å². The van der Waals surface area contributed by atoms with Gasteiger partial charge in [-0.25, -0.2) is 13.6 Å². The molecule has 0 bridgehead atoms. The first-order valence-corrected chi connectivity index (χ1v) is 10.3. The third kappa shape index (κ3) is 5.31. The number of sulfonamides is 1. The lowest BCUT2D eigenvalue weighted by atomic mass is 10.2. The van der Waals surface area contributed by atoms with E-state index in [1.165, 1.54) is 12.1 Å². The van der Waals surface area contributed by atoms with E-state index in [0.29, 0.717) is 25.4 Å². The van der Waals surface area contributed by atoms with Gasteiger partial charge in [0, 0.05) is 6.54 Å². The predicted octanol–water partition coefficient (Wildman–Crippen LogP) is 1.09. The van der Waals surface area contributed by atoms with Gasteiger partial charge in [-0.3, -0.25) is 9.69 Å². The molecule has 0 radical (unpaired) electrons. The van der Waals surface area contributed by atoms with Crippen LogP contribution in [-0.4, -0.2) is 45.0 Å². The monoisotopic (exact) mass is 393 g/mol. The summed E-state index contributed by atoms with van der Waals surface area (Å²) in [7, 11) is -3.71. The topological polar surface area (TPSA) is 115 Å². The number of furan rings is 1. The summed E-state index contributed by atoms with van der Waals surface area (Å²) in [4.78, 5) is 14.5. The molecule has 1 unspecified atom stereocenters. The van der Waals surface area contributed by atoms with Gasteiger partial charge in [0.15, 0.2) is 0 Å². The van der Waals surface area contributed by atoms with Gasteiger partial charge < -0.3 is 14.5 Å². The quantitative estimate of drug-likeness (QED) is 0.694. The Kier molecular flexibility index (Phi) is 6.15. The minimum absolute atomic E-state index is 0.0126. The molecule has 0 saturated carbocycles. The van der Waals surface area contributed by atoms with E-state index in [-0.39, 0.29) is 16.8 Å². The molecule has 1 aliphatic rings. The second kappa shape index (κ2) is 8.55. The number of nitrogens with zero attached hydrogens (tertiary/aromatic N) is 1. The molecule has 2 heterocycles. The number of carbonyl (C=O) groups is 1. The first-order valence-electron chi connectivity index (χ1n) is 8.73. The smallest absolute Gasteiger partial charge is 0.238 e. The van der Waals surface area contributed by atoms with Crippen molar-refractivity contribution in [1.82, 2.24) is 10.2 Å². The fraction of sp³-hybridized carbons (Fsp3) is 0.389. The lowest BCUT2D eigenvalue weighted by Crippen LogP contribution is -2.44. The van der Waals surface area contributed by atoms with Gasteiger partial charge in [-0.2, -0.15) is 0 Å². The fourth-order valence-electron chi connectivity index (χ4n) is 3.10. The van der Waals surface area contributed by atoms with Gasteiger partial charge >= 0.3 is 0 Å². The van der Waals surface area contributed by atoms with Gasteiger partial charge in [-0.15, -0.1) is 0 Å². The number of ether oxygens (including phenoxy) is 1. The molecule has 0 spiro atoms. The highest BCUT2D eigenvalue weighted by molar-refractivity contribution is 7.89. The molecule has 2 aromatic rings. The maximum atomic E-state index is 12.4. The summed E-state index contributed by atoms with van der Waals surface area (Å²) in [6, 6.07) is 9.39. The minimum Gasteiger partial charge on any atom is -0.492 e. The van der Waals surface area contributed by atoms with E-state index in [2.05, 4.69) is 10.2 Å². The van der Waals surface area contributed by atoms with Gasteiger partial charge in [-0.1, -0.05) is 0 Å². The SMILES string of the molecule is NS(=O)(=O)c1ccc(OCCN2CCCC2C(=O)NCc2ccco2)cc1. The third-order valence-corrected chi connectivity index (χ3v) is 5.41. The van der Waals surface area contributed by atoms with Crippen molar-refractivity contribution in [2.45, 2.75) is 30.3 Å². The second-order valence-electron chi connectivity index (χ2n) is 6.36. The molecular formula is C18H23N3O5S. The van der Waals surface area contributed by atoms with Crippen molar-refractivity contribution in [2.75, 3.05) is 19.7 Å². The van der Waals surface area contributed by atoms with Gasteiger partial charge in [0.05, 0.1) is 23.7 Å². The Morgan fingerprint density at radius 3 is 2.74 bits per heavy atom. The first kappa shape index (κ1) is 19.4. The van der Waals surface area contributed by atoms with E-state index >= 15 is 0 Å². The van der Waals surface area contributed by atoms with E-state index < -0.39 is 10.0 Å². The maximum Gasteiger partial charge on any atom is 0.238 e. The van der Waals surface area contributed by atoms with E-state index in [9.17, 15) is 13.2 Å². The maximum absolute atomic E-state index is 12.4. The summed E-state index contributed by atoms with van der Waals surface area (Å²) in [5.41, 5.74) is 0. The fourth-order valence-corrected chi connectivity index (χ4v) is 3.62. The number of hydrogen-bond acceptors (Lipinski definition) is 6. The summed E-state index contributed by atoms with van der Waals surface area (Å²) < 4.78 is 33.4. The highest BCUT2D eigenvalue weighted by Crippen LogP contribution is 2.18. The Labute approximate surface area is 158 Å². The van der Waals surface area contributed by atoms with Crippen LogP contribution in [0.3, 0.4) is 0 Å². The molecule has 27 heavy (non-hydrogen) atoms. The molecular weight excluding hydrogens is 370 g/mol. The number of carbonyl (C=O) groups excluding carboxylic acids is 1. The highest BCUT2D eigenvalue weighted by atomic mass is 32.2. The van der Waals surface area contributed by atoms with Crippen LogP contribution in [0.5, 0.6) is 5.75 Å². The van der Waals surface area contributed by atoms with E-state index in [1.807, 2.05) is 6.07 Å². The Morgan fingerprint density at radius 2 is 2.07 bits per heavy atom. The van der Waals surface area contributed by atoms with Crippen LogP contribution in [0.4, 0.5) is 0 Å². The molecule has 1 fully saturated rings. The van der Waals surface area contributed by atoms with Crippen molar-refractivity contribution < 1.29 is 22.4 Å². The van der Waals surface area contributed by atoms with Gasteiger partial charge in [0.1, 0.15) is 18.1 Å². The second-order valence-corrected chi connectivity index (χ2v) is 7.92. The van der Waals surface area contributed by atoms with E-state index in [0.717, 1.165) is 25.1 Å². The number of hydrogen-bond donors (Lipinski definition) is 2. The van der Waals surface area contributed by atoms with Gasteiger partial charge in [0.2, 0.25) is 15.9 Å². The Morgan fingerprint density at radius 1 is 1.30 bits per heavy atom. The van der Waals surface area contributed by atoms with Crippen molar-refractivity contribution in [2.24, 2.45) is 5.14 Å². The average molecular weight is 393 g/mol. The lowest BCUT2D eigenvalue weighted by molar-refractivity contribution is -0.125. The molecule has 0 aliphatic carbocycles. The first-order chi connectivity index (χ1) is 12.9. The van der Waals surface area contributed by atoms with Crippen molar-refractivity contribution in [3.8, 4) is 5.75 Å². The molecule has 1 atom stereocenters. The summed E-state index contributed by atoms with van der Waals surface area (Å²) in [6.07, 6.45) is 3.35. The normalized spacial score (nSPS) is 17.7. The minimum atomic E-state index is -3.71. The van der Waals surface area contributed by atoms with Gasteiger partial charge in [0.25, 0.3) is 0 Å². The van der Waals surface area contributed by atoms with E-state index in [1.54, 1.807) is 24.5 Å². The van der Waals surface area contributed by atoms with Crippen molar-refractivity contribution in [3.63, 3.8) is 0 Å². The molecule has 1 saturated heterocycles. The molecule has 3 N–H and O–H groups in total. The number of likely N-dealkylation sites (tertiary alicyclic amines) is 1. The average Bonchev–Trinajstić information content (AvgIpc) is 3.31. The molecule has 146 valence electrons. The van der Waals surface area contributed by atoms with Crippen LogP contribution in [-0.2, 0) is 21.4 Å². The molecule has 1 aromatic heterocycles. The van der Waals surface area contributed by atoms with Crippen LogP contribution < -0.4 is 15.2 Å². The molecule has 1 aromatic carbocycles. The zero-order chi connectivity index (χ0) is 19.3. The standard InChI is InChI=1S/C18H23N3O5S/c19-27(23,24)16-7-5-14(6-8-16)26-12-10-21-9-1-4-17(21)18(22)20-13-15-3-2-11-25-15/h2-3,5-8,11,17H,1,4,9-10,12-13H2,(H,20,22)(H2,19,23,24). The van der Waals surface area contributed by atoms with Crippen LogP contribution >= 0.6 is 0 Å². The number of nitrogens with two attached hydrogens (primary N) is 1. The van der Waals surface area contributed by atoms with Crippen molar-refractivity contribution >= 4 is 15.9 Å². The number of nitrogens with one attached hydrogen (secondary N) is 1. The summed E-state index contributed by atoms with van der Waals surface area (Å²) in [5.74, 6) is 1.26. The third-order valence-electron chi connectivity index (χ3n) is 4.48. The number of benzene rings is 1. The van der Waals surface area contributed by atoms with Crippen molar-refractivity contribution in [1.29, 1.82) is 0 Å². The lowest BCUT2D eigenvalue weighted by Gasteiger charge is -2.23. The Balaban J connectivity index is 1.46. The van der Waals surface area contributed by atoms with Crippen molar-refractivity contribution in [3.05, 3.63) is 48.4 Å². The zero-order valence-electron chi connectivity index (χ0n) is 14.8. The molecule has 1 amide bonds. The van der Waals surface area contributed by atoms with Crippen LogP contribution in [0.1, 0.15) is 18.6 Å². The molecule has 8 nitrogen and oxygen atoms in total. The summed E-state index contributed by atoms with van der Waals surface area (Å²) in [6.45, 7) is 2.22. The van der Waals surface area contributed by atoms with Crippen LogP contribution in [0.25, 0.3) is 0 Å². The number of rotatable bonds is 8. The Bertz CT molecular complexity index is 850. The molecule has 3 rings (SSSR count). The Hall–Kier alpha value is -2.36. The number of primary sulfonamides is 1. The summed E-state index contributed by atoms with van der Waals surface area (Å²) >= 11 is 0. The summed E-state index contributed by atoms with van der Waals surface area (Å²) in [5, 5.41) is 7.97. The van der Waals surface area contributed by atoms with E-state index in [4.69, 9.17) is 14.3 Å². The predicted molar refractivity (Wildman–Crippen MR) is 98.5 cm³/mol.